The monoisotopic (exact) mass is 309 g/mol. The lowest BCUT2D eigenvalue weighted by molar-refractivity contribution is 0.579. The zero-order valence-corrected chi connectivity index (χ0v) is 11.9. The first-order valence-electron chi connectivity index (χ1n) is 6.08. The number of fused-ring (bicyclic) bond motifs is 1. The second-order valence-electron chi connectivity index (χ2n) is 4.15. The first kappa shape index (κ1) is 13.2. The summed E-state index contributed by atoms with van der Waals surface area (Å²) in [5.74, 6) is 0. The third kappa shape index (κ3) is 2.97. The summed E-state index contributed by atoms with van der Waals surface area (Å²) in [6, 6.07) is 5.56. The molecule has 0 atom stereocenters. The summed E-state index contributed by atoms with van der Waals surface area (Å²) in [5, 5.41) is 3.93. The summed E-state index contributed by atoms with van der Waals surface area (Å²) in [7, 11) is 0. The van der Waals surface area contributed by atoms with E-state index in [9.17, 15) is 4.79 Å². The molecule has 1 N–H and O–H groups in total. The summed E-state index contributed by atoms with van der Waals surface area (Å²) in [5.41, 5.74) is 0.751. The Labute approximate surface area is 114 Å². The maximum atomic E-state index is 12.2. The first-order valence-corrected chi connectivity index (χ1v) is 6.87. The van der Waals surface area contributed by atoms with E-state index < -0.39 is 0 Å². The molecule has 5 heteroatoms. The van der Waals surface area contributed by atoms with Gasteiger partial charge in [0.2, 0.25) is 0 Å². The molecule has 0 fully saturated rings. The van der Waals surface area contributed by atoms with Gasteiger partial charge in [-0.3, -0.25) is 9.36 Å². The van der Waals surface area contributed by atoms with E-state index in [2.05, 4.69) is 33.2 Å². The van der Waals surface area contributed by atoms with Crippen LogP contribution in [0, 0.1) is 0 Å². The fraction of sp³-hybridized carbons (Fsp3) is 0.385. The van der Waals surface area contributed by atoms with Gasteiger partial charge < -0.3 is 5.32 Å². The zero-order chi connectivity index (χ0) is 13.0. The van der Waals surface area contributed by atoms with Crippen LogP contribution < -0.4 is 10.9 Å². The van der Waals surface area contributed by atoms with Gasteiger partial charge in [0.05, 0.1) is 17.2 Å². The van der Waals surface area contributed by atoms with Gasteiger partial charge in [0.1, 0.15) is 0 Å². The van der Waals surface area contributed by atoms with Crippen molar-refractivity contribution < 1.29 is 0 Å². The normalized spacial score (nSPS) is 11.0. The minimum atomic E-state index is 0.0135. The van der Waals surface area contributed by atoms with Gasteiger partial charge in [-0.05, 0) is 31.2 Å². The minimum Gasteiger partial charge on any atom is -0.315 e. The van der Waals surface area contributed by atoms with Crippen molar-refractivity contribution in [2.75, 3.05) is 13.1 Å². The molecule has 2 rings (SSSR count). The second-order valence-corrected chi connectivity index (χ2v) is 5.07. The largest absolute Gasteiger partial charge is 0.315 e. The number of rotatable bonds is 5. The summed E-state index contributed by atoms with van der Waals surface area (Å²) >= 11 is 3.38. The van der Waals surface area contributed by atoms with Crippen LogP contribution >= 0.6 is 15.9 Å². The Morgan fingerprint density at radius 2 is 2.22 bits per heavy atom. The average molecular weight is 310 g/mol. The third-order valence-electron chi connectivity index (χ3n) is 2.74. The molecule has 0 spiro atoms. The van der Waals surface area contributed by atoms with Crippen LogP contribution in [0.1, 0.15) is 13.3 Å². The number of hydrogen-bond acceptors (Lipinski definition) is 3. The lowest BCUT2D eigenvalue weighted by atomic mass is 10.2. The van der Waals surface area contributed by atoms with Gasteiger partial charge in [-0.1, -0.05) is 22.9 Å². The van der Waals surface area contributed by atoms with Crippen LogP contribution in [0.15, 0.2) is 33.8 Å². The number of nitrogens with zero attached hydrogens (tertiary/aromatic N) is 2. The molecule has 1 heterocycles. The van der Waals surface area contributed by atoms with E-state index >= 15 is 0 Å². The lowest BCUT2D eigenvalue weighted by Crippen LogP contribution is -2.27. The zero-order valence-electron chi connectivity index (χ0n) is 10.3. The van der Waals surface area contributed by atoms with E-state index in [0.717, 1.165) is 29.5 Å². The van der Waals surface area contributed by atoms with Crippen LogP contribution in [0.25, 0.3) is 10.9 Å². The molecular formula is C13H16BrN3O. The Morgan fingerprint density at radius 1 is 1.39 bits per heavy atom. The van der Waals surface area contributed by atoms with Crippen LogP contribution in [0.3, 0.4) is 0 Å². The van der Waals surface area contributed by atoms with Gasteiger partial charge in [0, 0.05) is 17.6 Å². The van der Waals surface area contributed by atoms with Crippen LogP contribution in [0.5, 0.6) is 0 Å². The van der Waals surface area contributed by atoms with Gasteiger partial charge in [-0.15, -0.1) is 0 Å². The highest BCUT2D eigenvalue weighted by Gasteiger charge is 2.04. The molecular weight excluding hydrogens is 294 g/mol. The first-order chi connectivity index (χ1) is 8.72. The Kier molecular flexibility index (Phi) is 4.49. The van der Waals surface area contributed by atoms with Crippen molar-refractivity contribution in [1.82, 2.24) is 14.9 Å². The van der Waals surface area contributed by atoms with Crippen molar-refractivity contribution >= 4 is 26.8 Å². The summed E-state index contributed by atoms with van der Waals surface area (Å²) < 4.78 is 2.55. The lowest BCUT2D eigenvalue weighted by Gasteiger charge is -2.07. The van der Waals surface area contributed by atoms with Crippen LogP contribution in [0.4, 0.5) is 0 Å². The number of aromatic nitrogens is 2. The number of hydrogen-bond donors (Lipinski definition) is 1. The van der Waals surface area contributed by atoms with Crippen LogP contribution in [-0.2, 0) is 6.54 Å². The average Bonchev–Trinajstić information content (AvgIpc) is 2.38. The Morgan fingerprint density at radius 3 is 3.00 bits per heavy atom. The maximum Gasteiger partial charge on any atom is 0.261 e. The van der Waals surface area contributed by atoms with E-state index in [1.165, 1.54) is 0 Å². The van der Waals surface area contributed by atoms with Crippen LogP contribution in [-0.4, -0.2) is 22.6 Å². The van der Waals surface area contributed by atoms with Crippen molar-refractivity contribution in [3.8, 4) is 0 Å². The number of halogens is 1. The van der Waals surface area contributed by atoms with Gasteiger partial charge in [0.15, 0.2) is 0 Å². The molecule has 96 valence electrons. The molecule has 2 aromatic rings. The molecule has 4 nitrogen and oxygen atoms in total. The van der Waals surface area contributed by atoms with Crippen molar-refractivity contribution in [3.05, 3.63) is 39.4 Å². The predicted molar refractivity (Wildman–Crippen MR) is 76.9 cm³/mol. The quantitative estimate of drug-likeness (QED) is 0.861. The molecule has 0 aliphatic rings. The highest BCUT2D eigenvalue weighted by molar-refractivity contribution is 9.10. The maximum absolute atomic E-state index is 12.2. The van der Waals surface area contributed by atoms with E-state index in [1.807, 2.05) is 18.2 Å². The smallest absolute Gasteiger partial charge is 0.261 e. The second kappa shape index (κ2) is 6.11. The molecule has 1 aromatic carbocycles. The van der Waals surface area contributed by atoms with E-state index in [1.54, 1.807) is 10.9 Å². The highest BCUT2D eigenvalue weighted by atomic mass is 79.9. The molecule has 0 radical (unpaired) electrons. The van der Waals surface area contributed by atoms with Crippen molar-refractivity contribution in [2.24, 2.45) is 0 Å². The van der Waals surface area contributed by atoms with E-state index in [0.29, 0.717) is 11.9 Å². The fourth-order valence-corrected chi connectivity index (χ4v) is 2.15. The number of benzene rings is 1. The standard InChI is InChI=1S/C13H16BrN3O/c1-2-5-15-6-7-17-9-16-12-4-3-10(14)8-11(12)13(17)18/h3-4,8-9,15H,2,5-7H2,1H3. The van der Waals surface area contributed by atoms with Crippen LogP contribution in [0.2, 0.25) is 0 Å². The minimum absolute atomic E-state index is 0.0135. The third-order valence-corrected chi connectivity index (χ3v) is 3.24. The van der Waals surface area contributed by atoms with Crippen molar-refractivity contribution in [3.63, 3.8) is 0 Å². The topological polar surface area (TPSA) is 46.9 Å². The molecule has 0 unspecified atom stereocenters. The molecule has 0 saturated carbocycles. The van der Waals surface area contributed by atoms with Gasteiger partial charge in [0.25, 0.3) is 5.56 Å². The van der Waals surface area contributed by atoms with E-state index in [4.69, 9.17) is 0 Å². The Balaban J connectivity index is 2.24. The highest BCUT2D eigenvalue weighted by Crippen LogP contribution is 2.14. The predicted octanol–water partition coefficient (Wildman–Crippen LogP) is 2.16. The molecule has 0 saturated heterocycles. The van der Waals surface area contributed by atoms with Gasteiger partial charge in [-0.25, -0.2) is 4.98 Å². The number of nitrogens with one attached hydrogen (secondary N) is 1. The fourth-order valence-electron chi connectivity index (χ4n) is 1.79. The summed E-state index contributed by atoms with van der Waals surface area (Å²) in [6.45, 7) is 4.53. The van der Waals surface area contributed by atoms with Gasteiger partial charge in [-0.2, -0.15) is 0 Å². The van der Waals surface area contributed by atoms with Crippen molar-refractivity contribution in [2.45, 2.75) is 19.9 Å². The summed E-state index contributed by atoms with van der Waals surface area (Å²) in [6.07, 6.45) is 2.71. The SMILES string of the molecule is CCCNCCn1cnc2ccc(Br)cc2c1=O. The molecule has 0 aliphatic heterocycles. The van der Waals surface area contributed by atoms with E-state index in [-0.39, 0.29) is 5.56 Å². The Hall–Kier alpha value is -1.20. The van der Waals surface area contributed by atoms with Gasteiger partial charge >= 0.3 is 0 Å². The molecule has 18 heavy (non-hydrogen) atoms. The Bertz CT molecular complexity index is 594. The molecule has 0 amide bonds. The summed E-state index contributed by atoms with van der Waals surface area (Å²) in [4.78, 5) is 16.5. The molecule has 1 aromatic heterocycles. The van der Waals surface area contributed by atoms with Crippen molar-refractivity contribution in [1.29, 1.82) is 0 Å². The molecule has 0 aliphatic carbocycles. The molecule has 0 bridgehead atoms.